The fourth-order valence-electron chi connectivity index (χ4n) is 1.74. The van der Waals surface area contributed by atoms with Gasteiger partial charge in [-0.3, -0.25) is 9.59 Å². The summed E-state index contributed by atoms with van der Waals surface area (Å²) in [5.41, 5.74) is 1.78. The van der Waals surface area contributed by atoms with Gasteiger partial charge < -0.3 is 14.9 Å². The van der Waals surface area contributed by atoms with E-state index in [2.05, 4.69) is 10.5 Å². The normalized spacial score (nSPS) is 12.2. The Hall–Kier alpha value is -1.85. The van der Waals surface area contributed by atoms with Gasteiger partial charge in [0.05, 0.1) is 11.6 Å². The number of rotatable bonds is 7. The third kappa shape index (κ3) is 4.73. The molecule has 6 nitrogen and oxygen atoms in total. The zero-order valence-corrected chi connectivity index (χ0v) is 11.5. The lowest BCUT2D eigenvalue weighted by Gasteiger charge is -2.07. The van der Waals surface area contributed by atoms with Crippen molar-refractivity contribution in [2.24, 2.45) is 5.92 Å². The van der Waals surface area contributed by atoms with E-state index in [1.165, 1.54) is 0 Å². The minimum absolute atomic E-state index is 0.0856. The van der Waals surface area contributed by atoms with Crippen molar-refractivity contribution in [2.75, 3.05) is 6.54 Å². The highest BCUT2D eigenvalue weighted by Crippen LogP contribution is 2.14. The molecule has 1 unspecified atom stereocenters. The summed E-state index contributed by atoms with van der Waals surface area (Å²) in [6.45, 7) is 5.67. The van der Waals surface area contributed by atoms with Crippen LogP contribution in [-0.4, -0.2) is 28.7 Å². The number of aliphatic carboxylic acids is 1. The first-order valence-electron chi connectivity index (χ1n) is 6.33. The van der Waals surface area contributed by atoms with Gasteiger partial charge in [0.15, 0.2) is 0 Å². The van der Waals surface area contributed by atoms with Crippen LogP contribution in [0.2, 0.25) is 0 Å². The monoisotopic (exact) mass is 268 g/mol. The second-order valence-electron chi connectivity index (χ2n) is 4.68. The van der Waals surface area contributed by atoms with Crippen LogP contribution in [0.4, 0.5) is 0 Å². The molecule has 0 saturated carbocycles. The van der Waals surface area contributed by atoms with Gasteiger partial charge >= 0.3 is 5.97 Å². The van der Waals surface area contributed by atoms with Crippen LogP contribution in [-0.2, 0) is 16.0 Å². The molecule has 0 fully saturated rings. The van der Waals surface area contributed by atoms with Crippen molar-refractivity contribution in [1.82, 2.24) is 10.5 Å². The Morgan fingerprint density at radius 1 is 1.42 bits per heavy atom. The van der Waals surface area contributed by atoms with Crippen molar-refractivity contribution in [2.45, 2.75) is 40.0 Å². The van der Waals surface area contributed by atoms with Crippen molar-refractivity contribution in [1.29, 1.82) is 0 Å². The summed E-state index contributed by atoms with van der Waals surface area (Å²) in [5, 5.41) is 15.3. The Labute approximate surface area is 112 Å². The summed E-state index contributed by atoms with van der Waals surface area (Å²) >= 11 is 0. The number of carbonyl (C=O) groups is 2. The van der Waals surface area contributed by atoms with Crippen LogP contribution in [0, 0.1) is 19.8 Å². The van der Waals surface area contributed by atoms with Crippen LogP contribution < -0.4 is 5.32 Å². The molecular weight excluding hydrogens is 248 g/mol. The maximum atomic E-state index is 11.6. The van der Waals surface area contributed by atoms with Crippen molar-refractivity contribution in [3.8, 4) is 0 Å². The first kappa shape index (κ1) is 15.2. The molecule has 0 bridgehead atoms. The molecular formula is C13H20N2O4. The molecule has 2 N–H and O–H groups in total. The van der Waals surface area contributed by atoms with E-state index in [1.54, 1.807) is 6.92 Å². The average molecular weight is 268 g/mol. The Balaban J connectivity index is 2.27. The predicted octanol–water partition coefficient (Wildman–Crippen LogP) is 1.45. The summed E-state index contributed by atoms with van der Waals surface area (Å²) < 4.78 is 5.02. The summed E-state index contributed by atoms with van der Waals surface area (Å²) in [4.78, 5) is 22.2. The minimum Gasteiger partial charge on any atom is -0.481 e. The molecule has 0 saturated heterocycles. The van der Waals surface area contributed by atoms with Gasteiger partial charge in [-0.25, -0.2) is 0 Å². The highest BCUT2D eigenvalue weighted by Gasteiger charge is 2.13. The molecule has 19 heavy (non-hydrogen) atoms. The second kappa shape index (κ2) is 6.92. The van der Waals surface area contributed by atoms with Crippen LogP contribution in [0.5, 0.6) is 0 Å². The molecule has 0 aliphatic carbocycles. The first-order valence-corrected chi connectivity index (χ1v) is 6.33. The Kier molecular flexibility index (Phi) is 5.54. The van der Waals surface area contributed by atoms with Gasteiger partial charge in [0.2, 0.25) is 5.91 Å². The van der Waals surface area contributed by atoms with E-state index in [0.717, 1.165) is 17.0 Å². The third-order valence-corrected chi connectivity index (χ3v) is 3.10. The number of aryl methyl sites for hydroxylation is 2. The molecule has 1 aromatic heterocycles. The molecule has 0 spiro atoms. The standard InChI is InChI=1S/C13H20N2O4/c1-8(13(17)18)6-7-14-12(16)5-4-11-9(2)15-19-10(11)3/h8H,4-7H2,1-3H3,(H,14,16)(H,17,18). The largest absolute Gasteiger partial charge is 0.481 e. The zero-order chi connectivity index (χ0) is 14.4. The maximum absolute atomic E-state index is 11.6. The van der Waals surface area contributed by atoms with Gasteiger partial charge in [0, 0.05) is 18.5 Å². The summed E-state index contributed by atoms with van der Waals surface area (Å²) in [6.07, 6.45) is 1.37. The second-order valence-corrected chi connectivity index (χ2v) is 4.68. The van der Waals surface area contributed by atoms with Crippen LogP contribution >= 0.6 is 0 Å². The van der Waals surface area contributed by atoms with Gasteiger partial charge in [0.1, 0.15) is 5.76 Å². The zero-order valence-electron chi connectivity index (χ0n) is 11.5. The highest BCUT2D eigenvalue weighted by molar-refractivity contribution is 5.76. The molecule has 106 valence electrons. The molecule has 0 aromatic carbocycles. The maximum Gasteiger partial charge on any atom is 0.306 e. The van der Waals surface area contributed by atoms with Gasteiger partial charge in [-0.05, 0) is 26.7 Å². The summed E-state index contributed by atoms with van der Waals surface area (Å²) in [6, 6.07) is 0. The molecule has 1 heterocycles. The quantitative estimate of drug-likeness (QED) is 0.780. The number of hydrogen-bond donors (Lipinski definition) is 2. The fraction of sp³-hybridized carbons (Fsp3) is 0.615. The lowest BCUT2D eigenvalue weighted by molar-refractivity contribution is -0.141. The van der Waals surface area contributed by atoms with E-state index in [-0.39, 0.29) is 5.91 Å². The van der Waals surface area contributed by atoms with Gasteiger partial charge in [-0.1, -0.05) is 12.1 Å². The molecule has 0 radical (unpaired) electrons. The lowest BCUT2D eigenvalue weighted by Crippen LogP contribution is -2.27. The number of hydrogen-bond acceptors (Lipinski definition) is 4. The average Bonchev–Trinajstić information content (AvgIpc) is 2.66. The molecule has 1 aromatic rings. The molecule has 0 aliphatic heterocycles. The van der Waals surface area contributed by atoms with Crippen molar-refractivity contribution in [3.05, 3.63) is 17.0 Å². The van der Waals surface area contributed by atoms with Crippen LogP contribution in [0.3, 0.4) is 0 Å². The van der Waals surface area contributed by atoms with E-state index in [1.807, 2.05) is 13.8 Å². The van der Waals surface area contributed by atoms with Gasteiger partial charge in [-0.2, -0.15) is 0 Å². The van der Waals surface area contributed by atoms with Crippen LogP contribution in [0.15, 0.2) is 4.52 Å². The van der Waals surface area contributed by atoms with E-state index in [4.69, 9.17) is 9.63 Å². The third-order valence-electron chi connectivity index (χ3n) is 3.10. The minimum atomic E-state index is -0.843. The van der Waals surface area contributed by atoms with Gasteiger partial charge in [-0.15, -0.1) is 0 Å². The SMILES string of the molecule is Cc1noc(C)c1CCC(=O)NCCC(C)C(=O)O. The number of carboxylic acids is 1. The Morgan fingerprint density at radius 3 is 2.63 bits per heavy atom. The number of amides is 1. The van der Waals surface area contributed by atoms with E-state index >= 15 is 0 Å². The van der Waals surface area contributed by atoms with Gasteiger partial charge in [0.25, 0.3) is 0 Å². The predicted molar refractivity (Wildman–Crippen MR) is 68.7 cm³/mol. The smallest absolute Gasteiger partial charge is 0.306 e. The fourth-order valence-corrected chi connectivity index (χ4v) is 1.74. The van der Waals surface area contributed by atoms with E-state index in [0.29, 0.717) is 25.8 Å². The summed E-state index contributed by atoms with van der Waals surface area (Å²) in [5.74, 6) is -0.629. The molecule has 1 amide bonds. The van der Waals surface area contributed by atoms with Crippen LogP contribution in [0.25, 0.3) is 0 Å². The van der Waals surface area contributed by atoms with Crippen LogP contribution in [0.1, 0.15) is 36.8 Å². The molecule has 0 aliphatic rings. The first-order chi connectivity index (χ1) is 8.91. The van der Waals surface area contributed by atoms with Crippen molar-refractivity contribution >= 4 is 11.9 Å². The summed E-state index contributed by atoms with van der Waals surface area (Å²) in [7, 11) is 0. The van der Waals surface area contributed by atoms with Crippen molar-refractivity contribution < 1.29 is 19.2 Å². The number of nitrogens with one attached hydrogen (secondary N) is 1. The highest BCUT2D eigenvalue weighted by atomic mass is 16.5. The van der Waals surface area contributed by atoms with E-state index in [9.17, 15) is 9.59 Å². The lowest BCUT2D eigenvalue weighted by atomic mass is 10.1. The molecule has 1 rings (SSSR count). The Bertz CT molecular complexity index is 434. The number of nitrogens with zero attached hydrogens (tertiary/aromatic N) is 1. The molecule has 6 heteroatoms. The van der Waals surface area contributed by atoms with E-state index < -0.39 is 11.9 Å². The Morgan fingerprint density at radius 2 is 2.11 bits per heavy atom. The number of carbonyl (C=O) groups excluding carboxylic acids is 1. The van der Waals surface area contributed by atoms with Crippen molar-refractivity contribution in [3.63, 3.8) is 0 Å². The number of aromatic nitrogens is 1. The molecule has 1 atom stereocenters. The number of carboxylic acid groups (broad SMARTS) is 1. The topological polar surface area (TPSA) is 92.4 Å².